The molecule has 2 nitrogen and oxygen atoms in total. The summed E-state index contributed by atoms with van der Waals surface area (Å²) in [4.78, 5) is 10.1. The summed E-state index contributed by atoms with van der Waals surface area (Å²) < 4.78 is 14.3. The first-order valence-electron chi connectivity index (χ1n) is 8.85. The first-order valence-corrected chi connectivity index (χ1v) is 9.73. The summed E-state index contributed by atoms with van der Waals surface area (Å²) in [5.74, 6) is 0.170. The number of thiophene rings is 1. The van der Waals surface area contributed by atoms with Crippen LogP contribution >= 0.6 is 11.3 Å². The third kappa shape index (κ3) is 4.31. The van der Waals surface area contributed by atoms with E-state index >= 15 is 0 Å². The minimum absolute atomic E-state index is 0.275. The highest BCUT2D eigenvalue weighted by Gasteiger charge is 2.12. The van der Waals surface area contributed by atoms with Gasteiger partial charge < -0.3 is 0 Å². The highest BCUT2D eigenvalue weighted by Crippen LogP contribution is 2.31. The molecule has 0 N–H and O–H groups in total. The number of nitrogens with zero attached hydrogens (tertiary/aromatic N) is 2. The van der Waals surface area contributed by atoms with E-state index in [9.17, 15) is 4.39 Å². The molecule has 0 amide bonds. The molecular weight excluding hydrogens is 331 g/mol. The second-order valence-electron chi connectivity index (χ2n) is 6.33. The Balaban J connectivity index is 1.86. The average Bonchev–Trinajstić information content (AvgIpc) is 3.07. The summed E-state index contributed by atoms with van der Waals surface area (Å²) in [5.41, 5.74) is 3.55. The van der Waals surface area contributed by atoms with Crippen molar-refractivity contribution in [3.63, 3.8) is 0 Å². The molecule has 0 aliphatic heterocycles. The minimum Gasteiger partial charge on any atom is -0.236 e. The number of hydrogen-bond donors (Lipinski definition) is 0. The van der Waals surface area contributed by atoms with Gasteiger partial charge in [-0.15, -0.1) is 11.3 Å². The van der Waals surface area contributed by atoms with E-state index in [0.717, 1.165) is 17.7 Å². The summed E-state index contributed by atoms with van der Waals surface area (Å²) >= 11 is 1.69. The van der Waals surface area contributed by atoms with E-state index in [1.54, 1.807) is 23.6 Å². The number of halogens is 1. The number of aryl methyl sites for hydroxylation is 2. The van der Waals surface area contributed by atoms with Gasteiger partial charge in [-0.25, -0.2) is 14.4 Å². The van der Waals surface area contributed by atoms with Crippen molar-refractivity contribution in [2.75, 3.05) is 0 Å². The van der Waals surface area contributed by atoms with Crippen LogP contribution in [0.5, 0.6) is 0 Å². The molecule has 3 rings (SSSR count). The van der Waals surface area contributed by atoms with Gasteiger partial charge in [0.2, 0.25) is 0 Å². The smallest absolute Gasteiger partial charge is 0.162 e. The lowest BCUT2D eigenvalue weighted by Crippen LogP contribution is -1.95. The second-order valence-corrected chi connectivity index (χ2v) is 7.25. The van der Waals surface area contributed by atoms with Gasteiger partial charge in [0.25, 0.3) is 0 Å². The maximum atomic E-state index is 14.3. The van der Waals surface area contributed by atoms with Gasteiger partial charge in [0.1, 0.15) is 5.82 Å². The van der Waals surface area contributed by atoms with Gasteiger partial charge in [-0.3, -0.25) is 0 Å². The molecular formula is C21H23FN2S. The van der Waals surface area contributed by atoms with Crippen molar-refractivity contribution in [3.8, 4) is 22.0 Å². The summed E-state index contributed by atoms with van der Waals surface area (Å²) in [6, 6.07) is 9.26. The van der Waals surface area contributed by atoms with Gasteiger partial charge in [-0.1, -0.05) is 32.3 Å². The van der Waals surface area contributed by atoms with E-state index in [4.69, 9.17) is 0 Å². The molecule has 0 saturated heterocycles. The molecule has 25 heavy (non-hydrogen) atoms. The van der Waals surface area contributed by atoms with Crippen molar-refractivity contribution in [1.82, 2.24) is 9.97 Å². The fourth-order valence-electron chi connectivity index (χ4n) is 2.92. The first kappa shape index (κ1) is 17.7. The van der Waals surface area contributed by atoms with Crippen LogP contribution in [-0.4, -0.2) is 9.97 Å². The quantitative estimate of drug-likeness (QED) is 0.456. The van der Waals surface area contributed by atoms with E-state index < -0.39 is 0 Å². The fraction of sp³-hybridized carbons (Fsp3) is 0.333. The molecule has 4 heteroatoms. The number of hydrogen-bond acceptors (Lipinski definition) is 3. The van der Waals surface area contributed by atoms with Gasteiger partial charge >= 0.3 is 0 Å². The molecule has 130 valence electrons. The predicted molar refractivity (Wildman–Crippen MR) is 103 cm³/mol. The number of benzene rings is 1. The Bertz CT molecular complexity index is 841. The van der Waals surface area contributed by atoms with Crippen LogP contribution in [0.4, 0.5) is 4.39 Å². The molecule has 0 fully saturated rings. The van der Waals surface area contributed by atoms with E-state index in [1.807, 2.05) is 19.1 Å². The van der Waals surface area contributed by atoms with E-state index in [-0.39, 0.29) is 5.82 Å². The Morgan fingerprint density at radius 3 is 2.76 bits per heavy atom. The Morgan fingerprint density at radius 1 is 1.08 bits per heavy atom. The molecule has 0 aliphatic rings. The molecule has 0 unspecified atom stereocenters. The van der Waals surface area contributed by atoms with Crippen molar-refractivity contribution < 1.29 is 4.39 Å². The van der Waals surface area contributed by atoms with Crippen molar-refractivity contribution >= 4 is 11.3 Å². The van der Waals surface area contributed by atoms with Crippen molar-refractivity contribution in [2.45, 2.75) is 46.0 Å². The maximum Gasteiger partial charge on any atom is 0.162 e. The third-order valence-electron chi connectivity index (χ3n) is 4.30. The summed E-state index contributed by atoms with van der Waals surface area (Å²) in [6.45, 7) is 4.10. The topological polar surface area (TPSA) is 25.8 Å². The van der Waals surface area contributed by atoms with Gasteiger partial charge in [-0.05, 0) is 60.5 Å². The molecule has 0 bridgehead atoms. The number of unbranched alkanes of at least 4 members (excludes halogenated alkanes) is 3. The zero-order valence-corrected chi connectivity index (χ0v) is 15.6. The van der Waals surface area contributed by atoms with Gasteiger partial charge in [0.15, 0.2) is 5.82 Å². The number of aromatic nitrogens is 2. The highest BCUT2D eigenvalue weighted by atomic mass is 32.1. The van der Waals surface area contributed by atoms with Crippen LogP contribution in [0.2, 0.25) is 0 Å². The Hall–Kier alpha value is -2.07. The standard InChI is InChI=1S/C21H23FN2S/c1-3-4-5-6-7-16-11-13-25-20(16)19-10-12-23-21(24-19)17-9-8-15(2)14-18(17)22/h8-14H,3-7H2,1-2H3. The van der Waals surface area contributed by atoms with Crippen LogP contribution in [0.3, 0.4) is 0 Å². The normalized spacial score (nSPS) is 11.0. The molecule has 0 atom stereocenters. The molecule has 0 spiro atoms. The van der Waals surface area contributed by atoms with Crippen LogP contribution < -0.4 is 0 Å². The summed E-state index contributed by atoms with van der Waals surface area (Å²) in [7, 11) is 0. The van der Waals surface area contributed by atoms with Gasteiger partial charge in [-0.2, -0.15) is 0 Å². The van der Waals surface area contributed by atoms with E-state index in [1.165, 1.54) is 42.2 Å². The van der Waals surface area contributed by atoms with Crippen molar-refractivity contribution in [3.05, 3.63) is 58.9 Å². The predicted octanol–water partition coefficient (Wildman–Crippen LogP) is 6.44. The van der Waals surface area contributed by atoms with E-state index in [2.05, 4.69) is 28.3 Å². The van der Waals surface area contributed by atoms with Crippen molar-refractivity contribution in [1.29, 1.82) is 0 Å². The van der Waals surface area contributed by atoms with Crippen LogP contribution in [0.15, 0.2) is 41.9 Å². The molecule has 0 aliphatic carbocycles. The number of rotatable bonds is 7. The maximum absolute atomic E-state index is 14.3. The first-order chi connectivity index (χ1) is 12.2. The molecule has 3 aromatic rings. The Morgan fingerprint density at radius 2 is 1.96 bits per heavy atom. The highest BCUT2D eigenvalue weighted by molar-refractivity contribution is 7.13. The zero-order valence-electron chi connectivity index (χ0n) is 14.8. The Labute approximate surface area is 152 Å². The third-order valence-corrected chi connectivity index (χ3v) is 5.28. The molecule has 2 aromatic heterocycles. The summed E-state index contributed by atoms with van der Waals surface area (Å²) in [5, 5.41) is 2.11. The largest absolute Gasteiger partial charge is 0.236 e. The minimum atomic E-state index is -0.275. The van der Waals surface area contributed by atoms with Crippen LogP contribution in [0.1, 0.15) is 43.7 Å². The SMILES string of the molecule is CCCCCCc1ccsc1-c1ccnc(-c2ccc(C)cc2F)n1. The van der Waals surface area contributed by atoms with Gasteiger partial charge in [0, 0.05) is 6.20 Å². The van der Waals surface area contributed by atoms with E-state index in [0.29, 0.717) is 11.4 Å². The van der Waals surface area contributed by atoms with Crippen LogP contribution in [0.25, 0.3) is 22.0 Å². The second kappa shape index (κ2) is 8.34. The summed E-state index contributed by atoms with van der Waals surface area (Å²) in [6.07, 6.45) is 7.77. The van der Waals surface area contributed by atoms with Crippen LogP contribution in [-0.2, 0) is 6.42 Å². The monoisotopic (exact) mass is 354 g/mol. The fourth-order valence-corrected chi connectivity index (χ4v) is 3.84. The zero-order chi connectivity index (χ0) is 17.6. The Kier molecular flexibility index (Phi) is 5.92. The molecule has 2 heterocycles. The lowest BCUT2D eigenvalue weighted by molar-refractivity contribution is 0.629. The lowest BCUT2D eigenvalue weighted by Gasteiger charge is -2.07. The lowest BCUT2D eigenvalue weighted by atomic mass is 10.1. The molecule has 0 saturated carbocycles. The van der Waals surface area contributed by atoms with Crippen LogP contribution in [0, 0.1) is 12.7 Å². The van der Waals surface area contributed by atoms with Crippen molar-refractivity contribution in [2.24, 2.45) is 0 Å². The molecule has 0 radical (unpaired) electrons. The van der Waals surface area contributed by atoms with Gasteiger partial charge in [0.05, 0.1) is 16.1 Å². The average molecular weight is 354 g/mol. The molecule has 1 aromatic carbocycles.